The molecule has 1 aromatic heterocycles. The van der Waals surface area contributed by atoms with Gasteiger partial charge in [0.2, 0.25) is 0 Å². The summed E-state index contributed by atoms with van der Waals surface area (Å²) in [5.74, 6) is -5.05. The first-order chi connectivity index (χ1) is 8.97. The lowest BCUT2D eigenvalue weighted by Gasteiger charge is -2.05. The largest absolute Gasteiger partial charge is 0.307 e. The van der Waals surface area contributed by atoms with Crippen LogP contribution in [0.25, 0.3) is 0 Å². The van der Waals surface area contributed by atoms with Crippen LogP contribution in [0.15, 0.2) is 34.9 Å². The predicted molar refractivity (Wildman–Crippen MR) is 66.2 cm³/mol. The number of pyridine rings is 1. The molecule has 0 spiro atoms. The topological polar surface area (TPSA) is 42.0 Å². The molecule has 0 aliphatic carbocycles. The van der Waals surface area contributed by atoms with Crippen molar-refractivity contribution in [3.63, 3.8) is 0 Å². The number of anilines is 1. The van der Waals surface area contributed by atoms with Crippen LogP contribution in [0.4, 0.5) is 19.0 Å². The monoisotopic (exact) mass is 330 g/mol. The standard InChI is InChI=1S/C12H6BrF3N2O/c13-7-1-2-17-10(5-7)18-12(19)6-3-8(14)11(16)9(15)4-6/h1-5H,(H,17,18,19). The van der Waals surface area contributed by atoms with Gasteiger partial charge in [0.1, 0.15) is 5.82 Å². The zero-order valence-corrected chi connectivity index (χ0v) is 10.8. The van der Waals surface area contributed by atoms with Crippen molar-refractivity contribution in [1.82, 2.24) is 4.98 Å². The number of aromatic nitrogens is 1. The lowest BCUT2D eigenvalue weighted by molar-refractivity contribution is 0.102. The second kappa shape index (κ2) is 5.40. The Morgan fingerprint density at radius 3 is 2.37 bits per heavy atom. The maximum atomic E-state index is 13.0. The first-order valence-electron chi connectivity index (χ1n) is 5.05. The minimum atomic E-state index is -1.61. The first kappa shape index (κ1) is 13.5. The molecule has 1 heterocycles. The summed E-state index contributed by atoms with van der Waals surface area (Å²) < 4.78 is 39.4. The molecule has 1 N–H and O–H groups in total. The van der Waals surface area contributed by atoms with Crippen molar-refractivity contribution in [3.05, 3.63) is 58.0 Å². The molecule has 0 bridgehead atoms. The summed E-state index contributed by atoms with van der Waals surface area (Å²) in [5.41, 5.74) is -0.335. The van der Waals surface area contributed by atoms with Gasteiger partial charge in [-0.1, -0.05) is 15.9 Å². The third kappa shape index (κ3) is 3.11. The fraction of sp³-hybridized carbons (Fsp3) is 0. The van der Waals surface area contributed by atoms with Gasteiger partial charge >= 0.3 is 0 Å². The van der Waals surface area contributed by atoms with E-state index in [2.05, 4.69) is 26.2 Å². The molecule has 0 aliphatic rings. The number of nitrogens with zero attached hydrogens (tertiary/aromatic N) is 1. The van der Waals surface area contributed by atoms with Crippen molar-refractivity contribution in [2.24, 2.45) is 0 Å². The van der Waals surface area contributed by atoms with Crippen molar-refractivity contribution in [2.75, 3.05) is 5.32 Å². The fourth-order valence-electron chi connectivity index (χ4n) is 1.35. The number of benzene rings is 1. The van der Waals surface area contributed by atoms with Gasteiger partial charge in [-0.15, -0.1) is 0 Å². The average molecular weight is 331 g/mol. The van der Waals surface area contributed by atoms with E-state index in [-0.39, 0.29) is 11.4 Å². The normalized spacial score (nSPS) is 10.3. The summed E-state index contributed by atoms with van der Waals surface area (Å²) in [4.78, 5) is 15.6. The Hall–Kier alpha value is -1.89. The second-order valence-corrected chi connectivity index (χ2v) is 4.48. The van der Waals surface area contributed by atoms with E-state index in [0.29, 0.717) is 16.6 Å². The minimum absolute atomic E-state index is 0.199. The molecule has 98 valence electrons. The molecule has 1 amide bonds. The Balaban J connectivity index is 2.25. The maximum absolute atomic E-state index is 13.0. The third-order valence-corrected chi connectivity index (χ3v) is 2.70. The molecule has 0 fully saturated rings. The molecule has 0 atom stereocenters. The number of hydrogen-bond acceptors (Lipinski definition) is 2. The van der Waals surface area contributed by atoms with E-state index in [4.69, 9.17) is 0 Å². The molecule has 19 heavy (non-hydrogen) atoms. The zero-order valence-electron chi connectivity index (χ0n) is 9.25. The quantitative estimate of drug-likeness (QED) is 0.856. The van der Waals surface area contributed by atoms with Crippen LogP contribution in [0.1, 0.15) is 10.4 Å². The molecule has 2 rings (SSSR count). The van der Waals surface area contributed by atoms with E-state index in [0.717, 1.165) is 0 Å². The van der Waals surface area contributed by atoms with Gasteiger partial charge in [0.05, 0.1) is 0 Å². The molecular formula is C12H6BrF3N2O. The van der Waals surface area contributed by atoms with Gasteiger partial charge in [-0.05, 0) is 24.3 Å². The molecule has 3 nitrogen and oxygen atoms in total. The summed E-state index contributed by atoms with van der Waals surface area (Å²) in [6.45, 7) is 0. The highest BCUT2D eigenvalue weighted by Crippen LogP contribution is 2.16. The predicted octanol–water partition coefficient (Wildman–Crippen LogP) is 3.51. The van der Waals surface area contributed by atoms with E-state index in [1.54, 1.807) is 6.07 Å². The summed E-state index contributed by atoms with van der Waals surface area (Å²) in [7, 11) is 0. The smallest absolute Gasteiger partial charge is 0.257 e. The summed E-state index contributed by atoms with van der Waals surface area (Å²) in [6, 6.07) is 4.39. The molecule has 0 saturated heterocycles. The molecule has 1 aromatic carbocycles. The Kier molecular flexibility index (Phi) is 3.84. The molecule has 0 radical (unpaired) electrons. The van der Waals surface area contributed by atoms with Gasteiger partial charge in [-0.2, -0.15) is 0 Å². The van der Waals surface area contributed by atoms with Crippen molar-refractivity contribution >= 4 is 27.7 Å². The molecular weight excluding hydrogens is 325 g/mol. The van der Waals surface area contributed by atoms with E-state index in [9.17, 15) is 18.0 Å². The maximum Gasteiger partial charge on any atom is 0.257 e. The van der Waals surface area contributed by atoms with Gasteiger partial charge in [0.25, 0.3) is 5.91 Å². The SMILES string of the molecule is O=C(Nc1cc(Br)ccn1)c1cc(F)c(F)c(F)c1. The average Bonchev–Trinajstić information content (AvgIpc) is 2.35. The van der Waals surface area contributed by atoms with Crippen LogP contribution in [0.2, 0.25) is 0 Å². The van der Waals surface area contributed by atoms with Crippen molar-refractivity contribution in [1.29, 1.82) is 0 Å². The highest BCUT2D eigenvalue weighted by Gasteiger charge is 2.15. The number of rotatable bonds is 2. The molecule has 2 aromatic rings. The van der Waals surface area contributed by atoms with Crippen LogP contribution < -0.4 is 5.32 Å². The van der Waals surface area contributed by atoms with E-state index < -0.39 is 23.4 Å². The highest BCUT2D eigenvalue weighted by molar-refractivity contribution is 9.10. The van der Waals surface area contributed by atoms with Crippen LogP contribution in [-0.2, 0) is 0 Å². The zero-order chi connectivity index (χ0) is 14.0. The van der Waals surface area contributed by atoms with Crippen molar-refractivity contribution in [2.45, 2.75) is 0 Å². The highest BCUT2D eigenvalue weighted by atomic mass is 79.9. The van der Waals surface area contributed by atoms with Crippen LogP contribution in [0.5, 0.6) is 0 Å². The number of halogens is 4. The first-order valence-corrected chi connectivity index (χ1v) is 5.84. The minimum Gasteiger partial charge on any atom is -0.307 e. The molecule has 0 unspecified atom stereocenters. The van der Waals surface area contributed by atoms with Crippen molar-refractivity contribution < 1.29 is 18.0 Å². The van der Waals surface area contributed by atoms with Gasteiger partial charge < -0.3 is 5.32 Å². The third-order valence-electron chi connectivity index (χ3n) is 2.21. The van der Waals surface area contributed by atoms with Crippen LogP contribution in [0, 0.1) is 17.5 Å². The van der Waals surface area contributed by atoms with Crippen molar-refractivity contribution in [3.8, 4) is 0 Å². The Morgan fingerprint density at radius 2 is 1.79 bits per heavy atom. The number of amides is 1. The fourth-order valence-corrected chi connectivity index (χ4v) is 1.68. The van der Waals surface area contributed by atoms with Gasteiger partial charge in [-0.3, -0.25) is 4.79 Å². The van der Waals surface area contributed by atoms with Crippen LogP contribution in [0.3, 0.4) is 0 Å². The molecule has 7 heteroatoms. The Morgan fingerprint density at radius 1 is 1.16 bits per heavy atom. The molecule has 0 aliphatic heterocycles. The van der Waals surface area contributed by atoms with Crippen LogP contribution >= 0.6 is 15.9 Å². The van der Waals surface area contributed by atoms with Crippen LogP contribution in [-0.4, -0.2) is 10.9 Å². The van der Waals surface area contributed by atoms with E-state index in [1.165, 1.54) is 12.3 Å². The van der Waals surface area contributed by atoms with E-state index in [1.807, 2.05) is 0 Å². The lowest BCUT2D eigenvalue weighted by Crippen LogP contribution is -2.14. The number of hydrogen-bond donors (Lipinski definition) is 1. The Labute approximate surface area is 114 Å². The summed E-state index contributed by atoms with van der Waals surface area (Å²) in [5, 5.41) is 2.34. The van der Waals surface area contributed by atoms with Gasteiger partial charge in [-0.25, -0.2) is 18.2 Å². The summed E-state index contributed by atoms with van der Waals surface area (Å²) >= 11 is 3.18. The number of carbonyl (C=O) groups is 1. The van der Waals surface area contributed by atoms with E-state index >= 15 is 0 Å². The number of nitrogens with one attached hydrogen (secondary N) is 1. The number of carbonyl (C=O) groups excluding carboxylic acids is 1. The van der Waals surface area contributed by atoms with Gasteiger partial charge in [0, 0.05) is 16.2 Å². The Bertz CT molecular complexity index is 626. The summed E-state index contributed by atoms with van der Waals surface area (Å²) in [6.07, 6.45) is 1.44. The van der Waals surface area contributed by atoms with Gasteiger partial charge in [0.15, 0.2) is 17.5 Å². The molecule has 0 saturated carbocycles. The lowest BCUT2D eigenvalue weighted by atomic mass is 10.2. The second-order valence-electron chi connectivity index (χ2n) is 3.57.